The van der Waals surface area contributed by atoms with Crippen LogP contribution in [0.5, 0.6) is 11.5 Å². The largest absolute Gasteiger partial charge is 0.544 e. The topological polar surface area (TPSA) is 80.3 Å². The first kappa shape index (κ1) is 25.9. The molecule has 7 nitrogen and oxygen atoms in total. The summed E-state index contributed by atoms with van der Waals surface area (Å²) in [7, 11) is -1.83. The van der Waals surface area contributed by atoms with E-state index in [1.807, 2.05) is 42.5 Å². The van der Waals surface area contributed by atoms with Crippen LogP contribution in [-0.2, 0) is 17.7 Å². The molecule has 0 radical (unpaired) electrons. The van der Waals surface area contributed by atoms with Gasteiger partial charge in [0.05, 0.1) is 13.2 Å². The highest BCUT2D eigenvalue weighted by Crippen LogP contribution is 2.37. The second-order valence-electron chi connectivity index (χ2n) is 10.1. The minimum Gasteiger partial charge on any atom is -0.544 e. The molecule has 186 valence electrons. The van der Waals surface area contributed by atoms with E-state index in [9.17, 15) is 9.90 Å². The Morgan fingerprint density at radius 2 is 1.82 bits per heavy atom. The van der Waals surface area contributed by atoms with E-state index in [-0.39, 0.29) is 5.04 Å². The van der Waals surface area contributed by atoms with E-state index in [2.05, 4.69) is 39.2 Å². The van der Waals surface area contributed by atoms with Crippen LogP contribution < -0.4 is 14.5 Å². The van der Waals surface area contributed by atoms with E-state index < -0.39 is 14.4 Å². The summed E-state index contributed by atoms with van der Waals surface area (Å²) in [6.45, 7) is 14.3. The van der Waals surface area contributed by atoms with Gasteiger partial charge in [-0.15, -0.1) is 0 Å². The van der Waals surface area contributed by atoms with Gasteiger partial charge in [-0.25, -0.2) is 4.79 Å². The Balaban J connectivity index is 1.34. The third-order valence-electron chi connectivity index (χ3n) is 6.59. The van der Waals surface area contributed by atoms with Gasteiger partial charge in [-0.3, -0.25) is 0 Å². The Labute approximate surface area is 204 Å². The first-order chi connectivity index (χ1) is 16.1. The molecular weight excluding hydrogens is 448 g/mol. The molecule has 0 bridgehead atoms. The Kier molecular flexibility index (Phi) is 8.49. The van der Waals surface area contributed by atoms with Gasteiger partial charge in [-0.05, 0) is 60.4 Å². The number of carboxylic acid groups (broad SMARTS) is 1. The molecule has 0 unspecified atom stereocenters. The van der Waals surface area contributed by atoms with E-state index >= 15 is 0 Å². The summed E-state index contributed by atoms with van der Waals surface area (Å²) in [6, 6.07) is 13.9. The Hall–Kier alpha value is -2.71. The molecule has 2 aromatic carbocycles. The molecule has 8 heteroatoms. The molecule has 0 spiro atoms. The van der Waals surface area contributed by atoms with E-state index in [0.717, 1.165) is 28.3 Å². The molecule has 1 aliphatic rings. The van der Waals surface area contributed by atoms with Crippen molar-refractivity contribution in [2.45, 2.75) is 51.9 Å². The first-order valence-corrected chi connectivity index (χ1v) is 14.8. The lowest BCUT2D eigenvalue weighted by atomic mass is 9.99. The highest BCUT2D eigenvalue weighted by Gasteiger charge is 2.38. The minimum absolute atomic E-state index is 0.173. The van der Waals surface area contributed by atoms with Crippen LogP contribution in [-0.4, -0.2) is 57.3 Å². The van der Waals surface area contributed by atoms with Gasteiger partial charge in [0.25, 0.3) is 0 Å². The molecule has 3 rings (SSSR count). The zero-order valence-electron chi connectivity index (χ0n) is 21.0. The quantitative estimate of drug-likeness (QED) is 0.335. The number of nitrogens with zero attached hydrogens (tertiary/aromatic N) is 1. The predicted octanol–water partition coefficient (Wildman–Crippen LogP) is 5.61. The molecule has 0 fully saturated rings. The number of fused-ring (bicyclic) bond motifs is 1. The maximum atomic E-state index is 11.2. The van der Waals surface area contributed by atoms with Crippen molar-refractivity contribution in [1.82, 2.24) is 4.90 Å². The lowest BCUT2D eigenvalue weighted by Crippen LogP contribution is -2.43. The molecule has 0 aliphatic carbocycles. The van der Waals surface area contributed by atoms with Crippen LogP contribution >= 0.6 is 0 Å². The number of carbonyl (C=O) groups is 1. The Bertz CT molecular complexity index is 957. The summed E-state index contributed by atoms with van der Waals surface area (Å²) in [6.07, 6.45) is -0.211. The summed E-state index contributed by atoms with van der Waals surface area (Å²) in [5.41, 5.74) is 3.15. The van der Waals surface area contributed by atoms with Crippen LogP contribution in [0.3, 0.4) is 0 Å². The summed E-state index contributed by atoms with van der Waals surface area (Å²) in [4.78, 5) is 12.6. The number of hydrogen-bond donors (Lipinski definition) is 2. The van der Waals surface area contributed by atoms with Gasteiger partial charge in [0, 0.05) is 30.9 Å². The summed E-state index contributed by atoms with van der Waals surface area (Å²) < 4.78 is 17.9. The molecule has 1 amide bonds. The average Bonchev–Trinajstić information content (AvgIpc) is 2.78. The predicted molar refractivity (Wildman–Crippen MR) is 138 cm³/mol. The number of anilines is 1. The fourth-order valence-electron chi connectivity index (χ4n) is 3.54. The molecular formula is C26H38N2O5Si. The van der Waals surface area contributed by atoms with E-state index in [1.54, 1.807) is 0 Å². The first-order valence-electron chi connectivity index (χ1n) is 11.9. The van der Waals surface area contributed by atoms with Crippen molar-refractivity contribution in [3.8, 4) is 11.5 Å². The lowest BCUT2D eigenvalue weighted by Gasteiger charge is -2.36. The summed E-state index contributed by atoms with van der Waals surface area (Å²) in [5.74, 6) is 1.74. The van der Waals surface area contributed by atoms with Crippen molar-refractivity contribution in [3.63, 3.8) is 0 Å². The van der Waals surface area contributed by atoms with Crippen LogP contribution in [0.2, 0.25) is 18.1 Å². The Morgan fingerprint density at radius 1 is 1.09 bits per heavy atom. The summed E-state index contributed by atoms with van der Waals surface area (Å²) >= 11 is 0. The van der Waals surface area contributed by atoms with Crippen molar-refractivity contribution < 1.29 is 23.8 Å². The van der Waals surface area contributed by atoms with Gasteiger partial charge in [0.15, 0.2) is 0 Å². The van der Waals surface area contributed by atoms with Gasteiger partial charge in [-0.2, -0.15) is 0 Å². The molecule has 0 saturated carbocycles. The SMILES string of the molecule is CC(C)(C)[Si](C)(C)Oc1ccc(NCCOCCOc2cccc3c2CCN(C(=O)O)C3)cc1. The number of ether oxygens (including phenoxy) is 2. The van der Waals surface area contributed by atoms with Crippen LogP contribution in [0, 0.1) is 0 Å². The van der Waals surface area contributed by atoms with Crippen LogP contribution in [0.1, 0.15) is 31.9 Å². The summed E-state index contributed by atoms with van der Waals surface area (Å²) in [5, 5.41) is 12.7. The van der Waals surface area contributed by atoms with Gasteiger partial charge in [0.1, 0.15) is 18.1 Å². The van der Waals surface area contributed by atoms with Gasteiger partial charge in [0.2, 0.25) is 8.32 Å². The number of amides is 1. The maximum absolute atomic E-state index is 11.2. The highest BCUT2D eigenvalue weighted by atomic mass is 28.4. The van der Waals surface area contributed by atoms with E-state index in [0.29, 0.717) is 45.9 Å². The third-order valence-corrected chi connectivity index (χ3v) is 10.9. The number of hydrogen-bond acceptors (Lipinski definition) is 5. The fourth-order valence-corrected chi connectivity index (χ4v) is 4.57. The van der Waals surface area contributed by atoms with Crippen molar-refractivity contribution >= 4 is 20.1 Å². The molecule has 2 aromatic rings. The average molecular weight is 487 g/mol. The second-order valence-corrected chi connectivity index (χ2v) is 14.8. The Morgan fingerprint density at radius 3 is 2.50 bits per heavy atom. The molecule has 34 heavy (non-hydrogen) atoms. The monoisotopic (exact) mass is 486 g/mol. The van der Waals surface area contributed by atoms with Gasteiger partial charge in [-0.1, -0.05) is 32.9 Å². The van der Waals surface area contributed by atoms with Crippen molar-refractivity contribution in [3.05, 3.63) is 53.6 Å². The van der Waals surface area contributed by atoms with Crippen molar-refractivity contribution in [2.75, 3.05) is 38.2 Å². The number of nitrogens with one attached hydrogen (secondary N) is 1. The minimum atomic E-state index is -1.83. The van der Waals surface area contributed by atoms with Crippen LogP contribution in [0.15, 0.2) is 42.5 Å². The standard InChI is InChI=1S/C26H38N2O5Si/c1-26(2,3)34(4,5)33-22-11-9-21(10-12-22)27-14-16-31-17-18-32-24-8-6-7-20-19-28(25(29)30)15-13-23(20)24/h6-12,27H,13-19H2,1-5H3,(H,29,30). The lowest BCUT2D eigenvalue weighted by molar-refractivity contribution is 0.106. The third kappa shape index (κ3) is 6.90. The number of rotatable bonds is 10. The second kappa shape index (κ2) is 11.1. The fraction of sp³-hybridized carbons (Fsp3) is 0.500. The smallest absolute Gasteiger partial charge is 0.407 e. The van der Waals surface area contributed by atoms with E-state index in [1.165, 1.54) is 4.90 Å². The van der Waals surface area contributed by atoms with Gasteiger partial charge < -0.3 is 29.2 Å². The molecule has 0 saturated heterocycles. The molecule has 0 aromatic heterocycles. The number of benzene rings is 2. The van der Waals surface area contributed by atoms with Crippen molar-refractivity contribution in [2.24, 2.45) is 0 Å². The van der Waals surface area contributed by atoms with Crippen LogP contribution in [0.25, 0.3) is 0 Å². The van der Waals surface area contributed by atoms with Crippen molar-refractivity contribution in [1.29, 1.82) is 0 Å². The van der Waals surface area contributed by atoms with Crippen LogP contribution in [0.4, 0.5) is 10.5 Å². The van der Waals surface area contributed by atoms with E-state index in [4.69, 9.17) is 13.9 Å². The maximum Gasteiger partial charge on any atom is 0.407 e. The normalized spacial score (nSPS) is 13.9. The molecule has 0 atom stereocenters. The highest BCUT2D eigenvalue weighted by molar-refractivity contribution is 6.74. The molecule has 1 heterocycles. The zero-order valence-corrected chi connectivity index (χ0v) is 22.0. The molecule has 2 N–H and O–H groups in total. The zero-order chi connectivity index (χ0) is 24.8. The van der Waals surface area contributed by atoms with Gasteiger partial charge >= 0.3 is 6.09 Å². The molecule has 1 aliphatic heterocycles.